The Balaban J connectivity index is 1.41. The lowest BCUT2D eigenvalue weighted by atomic mass is 10.0. The third-order valence-electron chi connectivity index (χ3n) is 6.02. The van der Waals surface area contributed by atoms with Gasteiger partial charge in [0, 0.05) is 23.6 Å². The van der Waals surface area contributed by atoms with Crippen LogP contribution >= 0.6 is 0 Å². The molecule has 2 aliphatic heterocycles. The summed E-state index contributed by atoms with van der Waals surface area (Å²) in [4.78, 5) is 27.4. The number of nitrogens with zero attached hydrogens (tertiary/aromatic N) is 2. The topological polar surface area (TPSA) is 70.0 Å². The molecule has 1 saturated heterocycles. The fraction of sp³-hybridized carbons (Fsp3) is 0.333. The molecule has 0 aliphatic carbocycles. The zero-order chi connectivity index (χ0) is 21.4. The number of hydrogen-bond donors (Lipinski definition) is 0. The Kier molecular flexibility index (Phi) is 5.02. The first-order valence-electron chi connectivity index (χ1n) is 10.5. The van der Waals surface area contributed by atoms with Crippen molar-refractivity contribution < 1.29 is 23.8 Å². The molecule has 1 aromatic heterocycles. The van der Waals surface area contributed by atoms with Gasteiger partial charge in [0.05, 0.1) is 18.7 Å². The number of benzene rings is 2. The Morgan fingerprint density at radius 1 is 1.10 bits per heavy atom. The fourth-order valence-electron chi connectivity index (χ4n) is 4.57. The summed E-state index contributed by atoms with van der Waals surface area (Å²) in [5.74, 6) is 1.11. The minimum atomic E-state index is -0.405. The van der Waals surface area contributed by atoms with Crippen LogP contribution in [0.25, 0.3) is 10.9 Å². The molecule has 3 heterocycles. The van der Waals surface area contributed by atoms with Crippen LogP contribution < -0.4 is 9.47 Å². The van der Waals surface area contributed by atoms with Crippen LogP contribution in [-0.4, -0.2) is 48.2 Å². The third kappa shape index (κ3) is 3.50. The summed E-state index contributed by atoms with van der Waals surface area (Å²) < 4.78 is 18.1. The second-order valence-corrected chi connectivity index (χ2v) is 7.83. The van der Waals surface area contributed by atoms with Gasteiger partial charge in [0.2, 0.25) is 5.91 Å². The van der Waals surface area contributed by atoms with E-state index in [9.17, 15) is 9.59 Å². The molecule has 7 heteroatoms. The van der Waals surface area contributed by atoms with Crippen LogP contribution in [0.2, 0.25) is 0 Å². The van der Waals surface area contributed by atoms with Gasteiger partial charge in [-0.3, -0.25) is 4.79 Å². The van der Waals surface area contributed by atoms with E-state index in [-0.39, 0.29) is 18.5 Å². The first kappa shape index (κ1) is 19.5. The Morgan fingerprint density at radius 3 is 2.74 bits per heavy atom. The maximum Gasteiger partial charge on any atom is 0.340 e. The second-order valence-electron chi connectivity index (χ2n) is 7.83. The molecular weight excluding hydrogens is 396 g/mol. The van der Waals surface area contributed by atoms with Crippen LogP contribution in [0.5, 0.6) is 11.5 Å². The smallest absolute Gasteiger partial charge is 0.340 e. The lowest BCUT2D eigenvalue weighted by Crippen LogP contribution is -2.33. The monoisotopic (exact) mass is 420 g/mol. The summed E-state index contributed by atoms with van der Waals surface area (Å²) in [7, 11) is 1.36. The molecule has 31 heavy (non-hydrogen) atoms. The van der Waals surface area contributed by atoms with E-state index in [1.165, 1.54) is 7.11 Å². The van der Waals surface area contributed by atoms with E-state index in [2.05, 4.69) is 0 Å². The summed E-state index contributed by atoms with van der Waals surface area (Å²) in [5, 5.41) is 0.784. The van der Waals surface area contributed by atoms with Crippen molar-refractivity contribution in [3.8, 4) is 11.5 Å². The average Bonchev–Trinajstić information content (AvgIpc) is 3.44. The van der Waals surface area contributed by atoms with E-state index in [4.69, 9.17) is 14.2 Å². The van der Waals surface area contributed by atoms with Gasteiger partial charge in [-0.15, -0.1) is 0 Å². The highest BCUT2D eigenvalue weighted by Crippen LogP contribution is 2.38. The summed E-state index contributed by atoms with van der Waals surface area (Å²) in [6.07, 6.45) is 3.57. The Bertz CT molecular complexity index is 1150. The van der Waals surface area contributed by atoms with E-state index in [1.54, 1.807) is 6.20 Å². The molecule has 1 atom stereocenters. The van der Waals surface area contributed by atoms with Crippen LogP contribution in [0.15, 0.2) is 48.7 Å². The lowest BCUT2D eigenvalue weighted by Gasteiger charge is -2.27. The van der Waals surface area contributed by atoms with Gasteiger partial charge in [0.1, 0.15) is 19.8 Å². The van der Waals surface area contributed by atoms with Crippen LogP contribution in [-0.2, 0) is 16.1 Å². The van der Waals surface area contributed by atoms with Crippen molar-refractivity contribution in [3.63, 3.8) is 0 Å². The van der Waals surface area contributed by atoms with Crippen LogP contribution in [0.1, 0.15) is 34.8 Å². The summed E-state index contributed by atoms with van der Waals surface area (Å²) >= 11 is 0. The SMILES string of the molecule is COC(=O)c1cn(CC(=O)N2CCC[C@H]2c2ccc3c(c2)OCCO3)c2ccccc12. The van der Waals surface area contributed by atoms with Crippen molar-refractivity contribution in [2.75, 3.05) is 26.9 Å². The predicted octanol–water partition coefficient (Wildman–Crippen LogP) is 3.56. The molecule has 5 rings (SSSR count). The van der Waals surface area contributed by atoms with Crippen LogP contribution in [0.3, 0.4) is 0 Å². The molecule has 2 aromatic carbocycles. The number of hydrogen-bond acceptors (Lipinski definition) is 5. The van der Waals surface area contributed by atoms with Gasteiger partial charge < -0.3 is 23.7 Å². The van der Waals surface area contributed by atoms with E-state index < -0.39 is 5.97 Å². The van der Waals surface area contributed by atoms with Crippen molar-refractivity contribution in [3.05, 3.63) is 59.8 Å². The number of aromatic nitrogens is 1. The number of carbonyl (C=O) groups is 2. The number of esters is 1. The minimum Gasteiger partial charge on any atom is -0.486 e. The highest BCUT2D eigenvalue weighted by molar-refractivity contribution is 6.04. The van der Waals surface area contributed by atoms with Crippen LogP contribution in [0.4, 0.5) is 0 Å². The van der Waals surface area contributed by atoms with Gasteiger partial charge in [-0.1, -0.05) is 24.3 Å². The highest BCUT2D eigenvalue weighted by Gasteiger charge is 2.31. The number of fused-ring (bicyclic) bond motifs is 2. The number of carbonyl (C=O) groups excluding carboxylic acids is 2. The quantitative estimate of drug-likeness (QED) is 0.604. The maximum absolute atomic E-state index is 13.3. The van der Waals surface area contributed by atoms with E-state index in [0.717, 1.165) is 40.8 Å². The molecule has 160 valence electrons. The second kappa shape index (κ2) is 7.98. The third-order valence-corrected chi connectivity index (χ3v) is 6.02. The summed E-state index contributed by atoms with van der Waals surface area (Å²) in [6, 6.07) is 13.5. The highest BCUT2D eigenvalue weighted by atomic mass is 16.6. The van der Waals surface area contributed by atoms with Gasteiger partial charge in [0.15, 0.2) is 11.5 Å². The standard InChI is InChI=1S/C24H24N2O5/c1-29-24(28)18-14-25(20-6-3-2-5-17(18)20)15-23(27)26-10-4-7-19(26)16-8-9-21-22(13-16)31-12-11-30-21/h2-3,5-6,8-9,13-14,19H,4,7,10-12,15H2,1H3/t19-/m0/s1. The van der Waals surface area contributed by atoms with E-state index in [1.807, 2.05) is 51.9 Å². The van der Waals surface area contributed by atoms with E-state index in [0.29, 0.717) is 25.3 Å². The zero-order valence-corrected chi connectivity index (χ0v) is 17.4. The number of likely N-dealkylation sites (tertiary alicyclic amines) is 1. The number of methoxy groups -OCH3 is 1. The van der Waals surface area contributed by atoms with Gasteiger partial charge >= 0.3 is 5.97 Å². The number of amides is 1. The minimum absolute atomic E-state index is 0.00484. The normalized spacial score (nSPS) is 17.7. The average molecular weight is 420 g/mol. The lowest BCUT2D eigenvalue weighted by molar-refractivity contribution is -0.132. The van der Waals surface area contributed by atoms with Crippen molar-refractivity contribution in [1.29, 1.82) is 0 Å². The van der Waals surface area contributed by atoms with Crippen molar-refractivity contribution >= 4 is 22.8 Å². The molecule has 0 N–H and O–H groups in total. The van der Waals surface area contributed by atoms with E-state index >= 15 is 0 Å². The van der Waals surface area contributed by atoms with Crippen molar-refractivity contribution in [2.24, 2.45) is 0 Å². The number of ether oxygens (including phenoxy) is 3. The molecule has 1 amide bonds. The number of para-hydroxylation sites is 1. The first-order chi connectivity index (χ1) is 15.2. The molecular formula is C24H24N2O5. The first-order valence-corrected chi connectivity index (χ1v) is 10.5. The molecule has 1 fully saturated rings. The molecule has 0 saturated carbocycles. The Morgan fingerprint density at radius 2 is 1.90 bits per heavy atom. The molecule has 0 spiro atoms. The van der Waals surface area contributed by atoms with Crippen molar-refractivity contribution in [1.82, 2.24) is 9.47 Å². The molecule has 0 radical (unpaired) electrons. The zero-order valence-electron chi connectivity index (χ0n) is 17.4. The van der Waals surface area contributed by atoms with Gasteiger partial charge in [-0.2, -0.15) is 0 Å². The molecule has 3 aromatic rings. The number of rotatable bonds is 4. The molecule has 0 bridgehead atoms. The Labute approximate surface area is 180 Å². The van der Waals surface area contributed by atoms with Gasteiger partial charge in [0.25, 0.3) is 0 Å². The summed E-state index contributed by atoms with van der Waals surface area (Å²) in [6.45, 7) is 1.96. The molecule has 7 nitrogen and oxygen atoms in total. The Hall–Kier alpha value is -3.48. The summed E-state index contributed by atoms with van der Waals surface area (Å²) in [5.41, 5.74) is 2.37. The van der Waals surface area contributed by atoms with Gasteiger partial charge in [-0.25, -0.2) is 4.79 Å². The molecule has 0 unspecified atom stereocenters. The predicted molar refractivity (Wildman–Crippen MR) is 114 cm³/mol. The van der Waals surface area contributed by atoms with Gasteiger partial charge in [-0.05, 0) is 36.6 Å². The fourth-order valence-corrected chi connectivity index (χ4v) is 4.57. The largest absolute Gasteiger partial charge is 0.486 e. The molecule has 2 aliphatic rings. The van der Waals surface area contributed by atoms with Crippen molar-refractivity contribution in [2.45, 2.75) is 25.4 Å². The van der Waals surface area contributed by atoms with Crippen LogP contribution in [0, 0.1) is 0 Å². The maximum atomic E-state index is 13.3.